The zero-order valence-electron chi connectivity index (χ0n) is 14.3. The molecule has 0 spiro atoms. The predicted octanol–water partition coefficient (Wildman–Crippen LogP) is 2.36. The van der Waals surface area contributed by atoms with Gasteiger partial charge >= 0.3 is 0 Å². The normalized spacial score (nSPS) is 13.5. The Bertz CT molecular complexity index is 561. The molecule has 2 N–H and O–H groups in total. The molecule has 2 rings (SSSR count). The highest BCUT2D eigenvalue weighted by Crippen LogP contribution is 2.11. The highest BCUT2D eigenvalue weighted by atomic mass is 16.7. The van der Waals surface area contributed by atoms with Crippen LogP contribution in [0.5, 0.6) is 0 Å². The van der Waals surface area contributed by atoms with Crippen LogP contribution in [0.2, 0.25) is 0 Å². The summed E-state index contributed by atoms with van der Waals surface area (Å²) in [5, 5.41) is 19.1. The maximum atomic E-state index is 9.55. The molecule has 2 aromatic carbocycles. The van der Waals surface area contributed by atoms with Gasteiger partial charge in [-0.05, 0) is 11.1 Å². The molecule has 0 aliphatic heterocycles. The van der Waals surface area contributed by atoms with Gasteiger partial charge in [-0.3, -0.25) is 0 Å². The maximum absolute atomic E-state index is 9.55. The summed E-state index contributed by atoms with van der Waals surface area (Å²) in [4.78, 5) is 0. The van der Waals surface area contributed by atoms with Crippen molar-refractivity contribution in [3.63, 3.8) is 0 Å². The zero-order chi connectivity index (χ0) is 17.7. The van der Waals surface area contributed by atoms with E-state index < -0.39 is 6.10 Å². The summed E-state index contributed by atoms with van der Waals surface area (Å²) in [5.74, 6) is -0.311. The molecule has 136 valence electrons. The van der Waals surface area contributed by atoms with E-state index in [-0.39, 0.29) is 25.9 Å². The SMILES string of the molecule is OC[C@H](COCc1ccccc1)[C@@H](CO)OCOCc1ccccc1. The van der Waals surface area contributed by atoms with Crippen LogP contribution in [0.1, 0.15) is 11.1 Å². The Morgan fingerprint density at radius 2 is 1.28 bits per heavy atom. The summed E-state index contributed by atoms with van der Waals surface area (Å²) in [7, 11) is 0. The van der Waals surface area contributed by atoms with E-state index in [4.69, 9.17) is 14.2 Å². The van der Waals surface area contributed by atoms with Crippen molar-refractivity contribution >= 4 is 0 Å². The maximum Gasteiger partial charge on any atom is 0.147 e. The van der Waals surface area contributed by atoms with Crippen molar-refractivity contribution in [1.29, 1.82) is 0 Å². The van der Waals surface area contributed by atoms with Gasteiger partial charge < -0.3 is 24.4 Å². The van der Waals surface area contributed by atoms with Crippen LogP contribution >= 0.6 is 0 Å². The van der Waals surface area contributed by atoms with E-state index in [2.05, 4.69) is 0 Å². The largest absolute Gasteiger partial charge is 0.396 e. The van der Waals surface area contributed by atoms with Crippen LogP contribution in [0.25, 0.3) is 0 Å². The van der Waals surface area contributed by atoms with E-state index in [1.165, 1.54) is 0 Å². The van der Waals surface area contributed by atoms with Gasteiger partial charge in [0.05, 0.1) is 39.1 Å². The number of hydrogen-bond acceptors (Lipinski definition) is 5. The first-order chi connectivity index (χ1) is 12.3. The fourth-order valence-electron chi connectivity index (χ4n) is 2.39. The van der Waals surface area contributed by atoms with Crippen LogP contribution in [0.15, 0.2) is 60.7 Å². The topological polar surface area (TPSA) is 68.2 Å². The minimum atomic E-state index is -0.531. The highest BCUT2D eigenvalue weighted by molar-refractivity contribution is 5.14. The first-order valence-electron chi connectivity index (χ1n) is 8.40. The highest BCUT2D eigenvalue weighted by Gasteiger charge is 2.21. The van der Waals surface area contributed by atoms with E-state index in [1.807, 2.05) is 60.7 Å². The summed E-state index contributed by atoms with van der Waals surface area (Å²) in [6, 6.07) is 19.6. The number of hydrogen-bond donors (Lipinski definition) is 2. The molecule has 25 heavy (non-hydrogen) atoms. The number of aliphatic hydroxyl groups is 2. The Morgan fingerprint density at radius 1 is 0.720 bits per heavy atom. The van der Waals surface area contributed by atoms with Gasteiger partial charge in [0.15, 0.2) is 0 Å². The fraction of sp³-hybridized carbons (Fsp3) is 0.400. The van der Waals surface area contributed by atoms with Crippen LogP contribution in [-0.4, -0.2) is 42.9 Å². The Balaban J connectivity index is 1.68. The van der Waals surface area contributed by atoms with Crippen molar-refractivity contribution in [2.45, 2.75) is 19.3 Å². The van der Waals surface area contributed by atoms with Crippen molar-refractivity contribution in [3.05, 3.63) is 71.8 Å². The van der Waals surface area contributed by atoms with Crippen molar-refractivity contribution in [1.82, 2.24) is 0 Å². The standard InChI is InChI=1S/C20H26O5/c21-11-19(15-23-13-17-7-3-1-4-8-17)20(12-22)25-16-24-14-18-9-5-2-6-10-18/h1-10,19-22H,11-16H2/t19-,20-/m1/s1. The smallest absolute Gasteiger partial charge is 0.147 e. The number of aliphatic hydroxyl groups excluding tert-OH is 2. The number of benzene rings is 2. The molecule has 0 fully saturated rings. The van der Waals surface area contributed by atoms with E-state index in [1.54, 1.807) is 0 Å². The van der Waals surface area contributed by atoms with Crippen molar-refractivity contribution < 1.29 is 24.4 Å². The van der Waals surface area contributed by atoms with Crippen LogP contribution in [0.4, 0.5) is 0 Å². The van der Waals surface area contributed by atoms with Crippen LogP contribution in [-0.2, 0) is 27.4 Å². The van der Waals surface area contributed by atoms with Gasteiger partial charge in [-0.2, -0.15) is 0 Å². The van der Waals surface area contributed by atoms with Gasteiger partial charge in [0.2, 0.25) is 0 Å². The monoisotopic (exact) mass is 346 g/mol. The minimum absolute atomic E-state index is 0.0509. The molecule has 0 aromatic heterocycles. The molecular formula is C20H26O5. The summed E-state index contributed by atoms with van der Waals surface area (Å²) >= 11 is 0. The van der Waals surface area contributed by atoms with Gasteiger partial charge in [-0.25, -0.2) is 0 Å². The molecule has 5 nitrogen and oxygen atoms in total. The molecule has 0 aliphatic carbocycles. The lowest BCUT2D eigenvalue weighted by Crippen LogP contribution is -2.34. The second-order valence-electron chi connectivity index (χ2n) is 5.78. The van der Waals surface area contributed by atoms with E-state index in [0.717, 1.165) is 11.1 Å². The minimum Gasteiger partial charge on any atom is -0.396 e. The van der Waals surface area contributed by atoms with Crippen molar-refractivity contribution in [3.8, 4) is 0 Å². The molecule has 2 atom stereocenters. The average molecular weight is 346 g/mol. The predicted molar refractivity (Wildman–Crippen MR) is 94.7 cm³/mol. The van der Waals surface area contributed by atoms with Gasteiger partial charge in [0.1, 0.15) is 6.79 Å². The van der Waals surface area contributed by atoms with Gasteiger partial charge in [-0.15, -0.1) is 0 Å². The van der Waals surface area contributed by atoms with Crippen LogP contribution in [0.3, 0.4) is 0 Å². The number of rotatable bonds is 12. The quantitative estimate of drug-likeness (QED) is 0.456. The third kappa shape index (κ3) is 7.34. The zero-order valence-corrected chi connectivity index (χ0v) is 14.3. The Hall–Kier alpha value is -1.76. The summed E-state index contributed by atoms with van der Waals surface area (Å²) in [6.45, 7) is 0.922. The molecule has 0 radical (unpaired) electrons. The first kappa shape index (κ1) is 19.6. The lowest BCUT2D eigenvalue weighted by molar-refractivity contribution is -0.139. The number of ether oxygens (including phenoxy) is 3. The summed E-state index contributed by atoms with van der Waals surface area (Å²) < 4.78 is 16.7. The molecule has 0 aliphatic rings. The second kappa shape index (κ2) is 11.7. The molecule has 2 aromatic rings. The van der Waals surface area contributed by atoms with Crippen LogP contribution < -0.4 is 0 Å². The third-order valence-electron chi connectivity index (χ3n) is 3.86. The summed E-state index contributed by atoms with van der Waals surface area (Å²) in [6.07, 6.45) is -0.531. The molecule has 0 heterocycles. The molecule has 0 unspecified atom stereocenters. The Kier molecular flexibility index (Phi) is 9.18. The van der Waals surface area contributed by atoms with E-state index in [9.17, 15) is 10.2 Å². The van der Waals surface area contributed by atoms with Crippen molar-refractivity contribution in [2.24, 2.45) is 5.92 Å². The summed E-state index contributed by atoms with van der Waals surface area (Å²) in [5.41, 5.74) is 2.11. The molecule has 0 amide bonds. The third-order valence-corrected chi connectivity index (χ3v) is 3.86. The van der Waals surface area contributed by atoms with Gasteiger partial charge in [0, 0.05) is 5.92 Å². The molecule has 5 heteroatoms. The molecule has 0 saturated carbocycles. The van der Waals surface area contributed by atoms with Gasteiger partial charge in [0.25, 0.3) is 0 Å². The first-order valence-corrected chi connectivity index (χ1v) is 8.40. The van der Waals surface area contributed by atoms with Crippen LogP contribution in [0, 0.1) is 5.92 Å². The fourth-order valence-corrected chi connectivity index (χ4v) is 2.39. The Morgan fingerprint density at radius 3 is 1.80 bits per heavy atom. The van der Waals surface area contributed by atoms with E-state index in [0.29, 0.717) is 19.8 Å². The lowest BCUT2D eigenvalue weighted by atomic mass is 10.1. The lowest BCUT2D eigenvalue weighted by Gasteiger charge is -2.24. The Labute approximate surface area is 148 Å². The molecule has 0 saturated heterocycles. The van der Waals surface area contributed by atoms with Gasteiger partial charge in [-0.1, -0.05) is 60.7 Å². The van der Waals surface area contributed by atoms with E-state index >= 15 is 0 Å². The molecular weight excluding hydrogens is 320 g/mol. The van der Waals surface area contributed by atoms with Crippen molar-refractivity contribution in [2.75, 3.05) is 26.6 Å². The second-order valence-corrected chi connectivity index (χ2v) is 5.78. The average Bonchev–Trinajstić information content (AvgIpc) is 2.68. The molecule has 0 bridgehead atoms.